The Balaban J connectivity index is 1.63. The van der Waals surface area contributed by atoms with Crippen molar-refractivity contribution >= 4 is 17.4 Å². The van der Waals surface area contributed by atoms with Gasteiger partial charge in [0.1, 0.15) is 12.4 Å². The predicted molar refractivity (Wildman–Crippen MR) is 94.9 cm³/mol. The molecule has 0 aromatic heterocycles. The number of nitrogens with one attached hydrogen (secondary N) is 1. The van der Waals surface area contributed by atoms with Gasteiger partial charge in [0.15, 0.2) is 0 Å². The van der Waals surface area contributed by atoms with Crippen molar-refractivity contribution in [2.75, 3.05) is 30.8 Å². The van der Waals surface area contributed by atoms with Crippen molar-refractivity contribution < 1.29 is 9.84 Å². The van der Waals surface area contributed by atoms with Crippen LogP contribution in [0.25, 0.3) is 0 Å². The fourth-order valence-corrected chi connectivity index (χ4v) is 2.79. The van der Waals surface area contributed by atoms with Crippen molar-refractivity contribution in [2.24, 2.45) is 0 Å². The SMILES string of the molecule is Cc1ccc(NCCSCc2ccc(OCCO)cc2)cc1. The summed E-state index contributed by atoms with van der Waals surface area (Å²) in [6.45, 7) is 3.45. The molecule has 0 bridgehead atoms. The van der Waals surface area contributed by atoms with Crippen LogP contribution in [0.4, 0.5) is 5.69 Å². The van der Waals surface area contributed by atoms with E-state index in [0.717, 1.165) is 23.8 Å². The van der Waals surface area contributed by atoms with Crippen molar-refractivity contribution in [1.82, 2.24) is 0 Å². The maximum absolute atomic E-state index is 8.71. The van der Waals surface area contributed by atoms with Gasteiger partial charge in [0.25, 0.3) is 0 Å². The monoisotopic (exact) mass is 317 g/mol. The highest BCUT2D eigenvalue weighted by molar-refractivity contribution is 7.98. The minimum absolute atomic E-state index is 0.0472. The molecule has 0 radical (unpaired) electrons. The molecule has 4 heteroatoms. The zero-order valence-corrected chi connectivity index (χ0v) is 13.7. The smallest absolute Gasteiger partial charge is 0.119 e. The maximum atomic E-state index is 8.71. The molecule has 0 aliphatic rings. The molecule has 0 saturated heterocycles. The molecular weight excluding hydrogens is 294 g/mol. The molecule has 0 unspecified atom stereocenters. The van der Waals surface area contributed by atoms with E-state index < -0.39 is 0 Å². The van der Waals surface area contributed by atoms with Gasteiger partial charge in [-0.3, -0.25) is 0 Å². The zero-order chi connectivity index (χ0) is 15.6. The van der Waals surface area contributed by atoms with E-state index in [-0.39, 0.29) is 6.61 Å². The Morgan fingerprint density at radius 2 is 1.77 bits per heavy atom. The third kappa shape index (κ3) is 6.00. The second-order valence-corrected chi connectivity index (χ2v) is 6.17. The van der Waals surface area contributed by atoms with Gasteiger partial charge in [0.05, 0.1) is 6.61 Å². The third-order valence-corrected chi connectivity index (χ3v) is 4.21. The Kier molecular flexibility index (Phi) is 7.13. The van der Waals surface area contributed by atoms with Crippen LogP contribution >= 0.6 is 11.8 Å². The Hall–Kier alpha value is -1.65. The zero-order valence-electron chi connectivity index (χ0n) is 12.9. The molecule has 0 heterocycles. The highest BCUT2D eigenvalue weighted by Crippen LogP contribution is 2.17. The third-order valence-electron chi connectivity index (χ3n) is 3.18. The first-order valence-corrected chi connectivity index (χ1v) is 8.64. The molecule has 0 fully saturated rings. The second kappa shape index (κ2) is 9.38. The van der Waals surface area contributed by atoms with Crippen LogP contribution in [-0.4, -0.2) is 30.6 Å². The number of aliphatic hydroxyl groups is 1. The van der Waals surface area contributed by atoms with Crippen molar-refractivity contribution in [3.63, 3.8) is 0 Å². The molecule has 22 heavy (non-hydrogen) atoms. The predicted octanol–water partition coefficient (Wildman–Crippen LogP) is 3.71. The van der Waals surface area contributed by atoms with Gasteiger partial charge in [0.2, 0.25) is 0 Å². The van der Waals surface area contributed by atoms with E-state index in [1.54, 1.807) is 0 Å². The molecule has 2 aromatic rings. The number of hydrogen-bond acceptors (Lipinski definition) is 4. The number of rotatable bonds is 9. The lowest BCUT2D eigenvalue weighted by atomic mass is 10.2. The molecule has 0 aliphatic heterocycles. The molecule has 0 aliphatic carbocycles. The lowest BCUT2D eigenvalue weighted by Crippen LogP contribution is -2.04. The van der Waals surface area contributed by atoms with Crippen molar-refractivity contribution in [1.29, 1.82) is 0 Å². The molecule has 0 saturated carbocycles. The van der Waals surface area contributed by atoms with E-state index in [9.17, 15) is 0 Å². The maximum Gasteiger partial charge on any atom is 0.119 e. The minimum Gasteiger partial charge on any atom is -0.491 e. The average Bonchev–Trinajstić information content (AvgIpc) is 2.55. The lowest BCUT2D eigenvalue weighted by Gasteiger charge is -2.07. The first-order valence-electron chi connectivity index (χ1n) is 7.49. The summed E-state index contributed by atoms with van der Waals surface area (Å²) in [5.41, 5.74) is 3.75. The van der Waals surface area contributed by atoms with Crippen LogP contribution in [0.5, 0.6) is 5.75 Å². The normalized spacial score (nSPS) is 10.5. The number of benzene rings is 2. The number of ether oxygens (including phenoxy) is 1. The van der Waals surface area contributed by atoms with Crippen LogP contribution in [0.3, 0.4) is 0 Å². The van der Waals surface area contributed by atoms with Crippen molar-refractivity contribution in [3.8, 4) is 5.75 Å². The number of anilines is 1. The molecule has 0 atom stereocenters. The summed E-state index contributed by atoms with van der Waals surface area (Å²) in [7, 11) is 0. The highest BCUT2D eigenvalue weighted by Gasteiger charge is 1.97. The van der Waals surface area contributed by atoms with Gasteiger partial charge in [-0.25, -0.2) is 0 Å². The van der Waals surface area contributed by atoms with Gasteiger partial charge in [0, 0.05) is 23.7 Å². The number of thioether (sulfide) groups is 1. The largest absolute Gasteiger partial charge is 0.491 e. The lowest BCUT2D eigenvalue weighted by molar-refractivity contribution is 0.201. The van der Waals surface area contributed by atoms with Crippen LogP contribution in [0.15, 0.2) is 48.5 Å². The van der Waals surface area contributed by atoms with Crippen LogP contribution in [0.1, 0.15) is 11.1 Å². The summed E-state index contributed by atoms with van der Waals surface area (Å²) >= 11 is 1.91. The average molecular weight is 317 g/mol. The van der Waals surface area contributed by atoms with E-state index in [0.29, 0.717) is 6.61 Å². The molecule has 0 amide bonds. The summed E-state index contributed by atoms with van der Waals surface area (Å²) in [6.07, 6.45) is 0. The van der Waals surface area contributed by atoms with Crippen LogP contribution in [-0.2, 0) is 5.75 Å². The van der Waals surface area contributed by atoms with Gasteiger partial charge < -0.3 is 15.2 Å². The van der Waals surface area contributed by atoms with Gasteiger partial charge >= 0.3 is 0 Å². The van der Waals surface area contributed by atoms with E-state index in [2.05, 4.69) is 48.6 Å². The van der Waals surface area contributed by atoms with E-state index >= 15 is 0 Å². The number of aryl methyl sites for hydroxylation is 1. The Bertz CT molecular complexity index is 540. The van der Waals surface area contributed by atoms with Gasteiger partial charge in [-0.2, -0.15) is 11.8 Å². The first kappa shape index (κ1) is 16.7. The summed E-state index contributed by atoms with van der Waals surface area (Å²) in [4.78, 5) is 0. The Morgan fingerprint density at radius 1 is 1.05 bits per heavy atom. The van der Waals surface area contributed by atoms with Crippen molar-refractivity contribution in [3.05, 3.63) is 59.7 Å². The molecule has 2 rings (SSSR count). The summed E-state index contributed by atoms with van der Waals surface area (Å²) in [6, 6.07) is 16.5. The van der Waals surface area contributed by atoms with E-state index in [1.165, 1.54) is 16.8 Å². The minimum atomic E-state index is 0.0472. The molecule has 2 N–H and O–H groups in total. The molecular formula is C18H23NO2S. The van der Waals surface area contributed by atoms with Crippen LogP contribution in [0, 0.1) is 6.92 Å². The van der Waals surface area contributed by atoms with Gasteiger partial charge in [-0.05, 0) is 36.8 Å². The number of aliphatic hydroxyl groups excluding tert-OH is 1. The topological polar surface area (TPSA) is 41.5 Å². The van der Waals surface area contributed by atoms with Gasteiger partial charge in [-0.15, -0.1) is 0 Å². The highest BCUT2D eigenvalue weighted by atomic mass is 32.2. The van der Waals surface area contributed by atoms with Gasteiger partial charge in [-0.1, -0.05) is 29.8 Å². The molecule has 2 aromatic carbocycles. The quantitative estimate of drug-likeness (QED) is 0.692. The summed E-state index contributed by atoms with van der Waals surface area (Å²) in [5.74, 6) is 2.87. The molecule has 0 spiro atoms. The molecule has 3 nitrogen and oxygen atoms in total. The van der Waals surface area contributed by atoms with E-state index in [4.69, 9.17) is 9.84 Å². The Labute approximate surface area is 136 Å². The number of hydrogen-bond donors (Lipinski definition) is 2. The second-order valence-electron chi connectivity index (χ2n) is 5.06. The van der Waals surface area contributed by atoms with Crippen molar-refractivity contribution in [2.45, 2.75) is 12.7 Å². The van der Waals surface area contributed by atoms with Crippen LogP contribution in [0.2, 0.25) is 0 Å². The standard InChI is InChI=1S/C18H23NO2S/c1-15-2-6-17(7-3-15)19-10-13-22-14-16-4-8-18(9-5-16)21-12-11-20/h2-9,19-20H,10-14H2,1H3. The fraction of sp³-hybridized carbons (Fsp3) is 0.333. The van der Waals surface area contributed by atoms with E-state index in [1.807, 2.05) is 23.9 Å². The first-order chi connectivity index (χ1) is 10.8. The Morgan fingerprint density at radius 3 is 2.45 bits per heavy atom. The summed E-state index contributed by atoms with van der Waals surface area (Å²) in [5, 5.41) is 12.1. The molecule has 118 valence electrons. The van der Waals surface area contributed by atoms with Crippen LogP contribution < -0.4 is 10.1 Å². The summed E-state index contributed by atoms with van der Waals surface area (Å²) < 4.78 is 5.34. The fourth-order valence-electron chi connectivity index (χ4n) is 1.97.